The van der Waals surface area contributed by atoms with Gasteiger partial charge in [0.2, 0.25) is 0 Å². The van der Waals surface area contributed by atoms with E-state index in [0.29, 0.717) is 28.9 Å². The molecule has 4 rings (SSSR count). The highest BCUT2D eigenvalue weighted by molar-refractivity contribution is 5.82. The summed E-state index contributed by atoms with van der Waals surface area (Å²) in [4.78, 5) is 24.2. The summed E-state index contributed by atoms with van der Waals surface area (Å²) in [5.41, 5.74) is 1.84. The molecular formula is C20H22N4O3. The molecule has 27 heavy (non-hydrogen) atoms. The predicted molar refractivity (Wildman–Crippen MR) is 102 cm³/mol. The van der Waals surface area contributed by atoms with E-state index in [0.717, 1.165) is 31.9 Å². The van der Waals surface area contributed by atoms with Gasteiger partial charge >= 0.3 is 0 Å². The van der Waals surface area contributed by atoms with Gasteiger partial charge in [-0.1, -0.05) is 0 Å². The fourth-order valence-electron chi connectivity index (χ4n) is 3.53. The molecule has 7 heteroatoms. The van der Waals surface area contributed by atoms with Crippen molar-refractivity contribution < 1.29 is 9.47 Å². The SMILES string of the molecule is COc1cc2nc3n(c(=O)c2cc1OC)CCN(Cc1ccncc1)CC3. The summed E-state index contributed by atoms with van der Waals surface area (Å²) in [5.74, 6) is 1.93. The molecule has 0 saturated heterocycles. The molecule has 3 heterocycles. The van der Waals surface area contributed by atoms with Gasteiger partial charge in [0.1, 0.15) is 5.82 Å². The molecule has 1 aromatic carbocycles. The molecule has 1 aliphatic heterocycles. The summed E-state index contributed by atoms with van der Waals surface area (Å²) in [6, 6.07) is 7.54. The molecule has 0 N–H and O–H groups in total. The zero-order valence-electron chi connectivity index (χ0n) is 15.5. The Labute approximate surface area is 157 Å². The van der Waals surface area contributed by atoms with E-state index in [1.165, 1.54) is 5.56 Å². The van der Waals surface area contributed by atoms with E-state index in [-0.39, 0.29) is 5.56 Å². The number of hydrogen-bond acceptors (Lipinski definition) is 6. The van der Waals surface area contributed by atoms with Crippen LogP contribution < -0.4 is 15.0 Å². The summed E-state index contributed by atoms with van der Waals surface area (Å²) in [6.07, 6.45) is 4.34. The summed E-state index contributed by atoms with van der Waals surface area (Å²) in [5, 5.41) is 0.555. The monoisotopic (exact) mass is 366 g/mol. The maximum absolute atomic E-state index is 13.1. The van der Waals surface area contributed by atoms with Gasteiger partial charge < -0.3 is 9.47 Å². The average molecular weight is 366 g/mol. The number of rotatable bonds is 4. The largest absolute Gasteiger partial charge is 0.493 e. The number of pyridine rings is 1. The molecule has 0 aliphatic carbocycles. The molecule has 7 nitrogen and oxygen atoms in total. The van der Waals surface area contributed by atoms with Crippen molar-refractivity contribution in [2.75, 3.05) is 27.3 Å². The minimum absolute atomic E-state index is 0.0262. The van der Waals surface area contributed by atoms with Crippen LogP contribution in [0.15, 0.2) is 41.5 Å². The number of hydrogen-bond donors (Lipinski definition) is 0. The normalized spacial score (nSPS) is 14.6. The van der Waals surface area contributed by atoms with Crippen molar-refractivity contribution in [2.24, 2.45) is 0 Å². The second kappa shape index (κ2) is 7.36. The van der Waals surface area contributed by atoms with E-state index >= 15 is 0 Å². The summed E-state index contributed by atoms with van der Waals surface area (Å²) >= 11 is 0. The van der Waals surface area contributed by atoms with E-state index in [9.17, 15) is 4.79 Å². The quantitative estimate of drug-likeness (QED) is 0.702. The topological polar surface area (TPSA) is 69.5 Å². The lowest BCUT2D eigenvalue weighted by Gasteiger charge is -2.19. The van der Waals surface area contributed by atoms with Crippen LogP contribution in [0.4, 0.5) is 0 Å². The minimum atomic E-state index is -0.0262. The Kier molecular flexibility index (Phi) is 4.77. The average Bonchev–Trinajstić information content (AvgIpc) is 2.90. The van der Waals surface area contributed by atoms with Crippen molar-refractivity contribution >= 4 is 10.9 Å². The van der Waals surface area contributed by atoms with E-state index in [2.05, 4.69) is 9.88 Å². The number of ether oxygens (including phenoxy) is 2. The number of aromatic nitrogens is 3. The van der Waals surface area contributed by atoms with Crippen LogP contribution >= 0.6 is 0 Å². The molecule has 0 unspecified atom stereocenters. The third-order valence-electron chi connectivity index (χ3n) is 4.99. The Morgan fingerprint density at radius 2 is 1.78 bits per heavy atom. The van der Waals surface area contributed by atoms with Crippen molar-refractivity contribution in [1.29, 1.82) is 0 Å². The Morgan fingerprint density at radius 1 is 1.04 bits per heavy atom. The van der Waals surface area contributed by atoms with Crippen LogP contribution in [0.2, 0.25) is 0 Å². The molecule has 0 spiro atoms. The van der Waals surface area contributed by atoms with Gasteiger partial charge in [0.15, 0.2) is 11.5 Å². The highest BCUT2D eigenvalue weighted by Gasteiger charge is 2.19. The predicted octanol–water partition coefficient (Wildman–Crippen LogP) is 1.87. The molecule has 0 bridgehead atoms. The van der Waals surface area contributed by atoms with Crippen molar-refractivity contribution in [3.8, 4) is 11.5 Å². The second-order valence-corrected chi connectivity index (χ2v) is 6.59. The standard InChI is InChI=1S/C20H22N4O3/c1-26-17-11-15-16(12-18(17)27-2)22-19-5-8-23(9-10-24(19)20(15)25)13-14-3-6-21-7-4-14/h3-4,6-7,11-12H,5,8-10,13H2,1-2H3. The van der Waals surface area contributed by atoms with Gasteiger partial charge in [0.05, 0.1) is 25.1 Å². The first kappa shape index (κ1) is 17.5. The maximum atomic E-state index is 13.1. The third-order valence-corrected chi connectivity index (χ3v) is 4.99. The molecule has 0 saturated carbocycles. The maximum Gasteiger partial charge on any atom is 0.261 e. The number of nitrogens with zero attached hydrogens (tertiary/aromatic N) is 4. The summed E-state index contributed by atoms with van der Waals surface area (Å²) in [7, 11) is 3.14. The lowest BCUT2D eigenvalue weighted by molar-refractivity contribution is 0.271. The van der Waals surface area contributed by atoms with Crippen LogP contribution in [-0.2, 0) is 19.5 Å². The Morgan fingerprint density at radius 3 is 2.52 bits per heavy atom. The molecule has 0 amide bonds. The highest BCUT2D eigenvalue weighted by Crippen LogP contribution is 2.30. The first-order valence-electron chi connectivity index (χ1n) is 8.96. The van der Waals surface area contributed by atoms with Gasteiger partial charge in [0.25, 0.3) is 5.56 Å². The first-order valence-corrected chi connectivity index (χ1v) is 8.96. The zero-order valence-corrected chi connectivity index (χ0v) is 15.5. The molecule has 140 valence electrons. The van der Waals surface area contributed by atoms with Gasteiger partial charge in [-0.05, 0) is 23.8 Å². The smallest absolute Gasteiger partial charge is 0.261 e. The van der Waals surface area contributed by atoms with Crippen LogP contribution in [0, 0.1) is 0 Å². The van der Waals surface area contributed by atoms with Gasteiger partial charge in [-0.3, -0.25) is 19.2 Å². The zero-order chi connectivity index (χ0) is 18.8. The fraction of sp³-hybridized carbons (Fsp3) is 0.350. The van der Waals surface area contributed by atoms with Crippen LogP contribution in [-0.4, -0.2) is 46.7 Å². The molecule has 0 fully saturated rings. The second-order valence-electron chi connectivity index (χ2n) is 6.59. The Bertz CT molecular complexity index is 1020. The Balaban J connectivity index is 1.67. The molecule has 0 atom stereocenters. The number of fused-ring (bicyclic) bond motifs is 2. The van der Waals surface area contributed by atoms with Crippen molar-refractivity contribution in [3.63, 3.8) is 0 Å². The van der Waals surface area contributed by atoms with E-state index in [1.54, 1.807) is 43.3 Å². The van der Waals surface area contributed by atoms with Gasteiger partial charge in [-0.15, -0.1) is 0 Å². The summed E-state index contributed by atoms with van der Waals surface area (Å²) in [6.45, 7) is 3.12. The number of benzene rings is 1. The molecule has 0 radical (unpaired) electrons. The molecule has 1 aliphatic rings. The van der Waals surface area contributed by atoms with Crippen LogP contribution in [0.1, 0.15) is 11.4 Å². The van der Waals surface area contributed by atoms with Crippen LogP contribution in [0.3, 0.4) is 0 Å². The van der Waals surface area contributed by atoms with Gasteiger partial charge in [0, 0.05) is 51.1 Å². The third kappa shape index (κ3) is 3.38. The van der Waals surface area contributed by atoms with Crippen molar-refractivity contribution in [3.05, 3.63) is 58.4 Å². The van der Waals surface area contributed by atoms with Crippen molar-refractivity contribution in [1.82, 2.24) is 19.4 Å². The van der Waals surface area contributed by atoms with Gasteiger partial charge in [-0.2, -0.15) is 0 Å². The number of methoxy groups -OCH3 is 2. The van der Waals surface area contributed by atoms with E-state index in [4.69, 9.17) is 14.5 Å². The van der Waals surface area contributed by atoms with Crippen molar-refractivity contribution in [2.45, 2.75) is 19.5 Å². The molecule has 2 aromatic heterocycles. The first-order chi connectivity index (χ1) is 13.2. The lowest BCUT2D eigenvalue weighted by Crippen LogP contribution is -2.28. The van der Waals surface area contributed by atoms with Gasteiger partial charge in [-0.25, -0.2) is 4.98 Å². The van der Waals surface area contributed by atoms with E-state index < -0.39 is 0 Å². The highest BCUT2D eigenvalue weighted by atomic mass is 16.5. The van der Waals surface area contributed by atoms with Crippen LogP contribution in [0.5, 0.6) is 11.5 Å². The molecule has 3 aromatic rings. The Hall–Kier alpha value is -2.93. The van der Waals surface area contributed by atoms with Crippen LogP contribution in [0.25, 0.3) is 10.9 Å². The summed E-state index contributed by atoms with van der Waals surface area (Å²) < 4.78 is 12.5. The van der Waals surface area contributed by atoms with E-state index in [1.807, 2.05) is 12.1 Å². The molecular weight excluding hydrogens is 344 g/mol. The minimum Gasteiger partial charge on any atom is -0.493 e. The fourth-order valence-corrected chi connectivity index (χ4v) is 3.53. The lowest BCUT2D eigenvalue weighted by atomic mass is 10.2.